The molecule has 0 fully saturated rings. The van der Waals surface area contributed by atoms with Crippen molar-refractivity contribution < 1.29 is 33.0 Å². The van der Waals surface area contributed by atoms with Gasteiger partial charge in [-0.25, -0.2) is 8.42 Å². The molecular weight excluding hydrogens is 641 g/mol. The highest BCUT2D eigenvalue weighted by Crippen LogP contribution is 2.16. The van der Waals surface area contributed by atoms with Crippen molar-refractivity contribution in [3.8, 4) is 0 Å². The molecular formula is C34H44N4O7S2. The Kier molecular flexibility index (Phi) is 15.3. The molecule has 1 aromatic heterocycles. The minimum absolute atomic E-state index is 0.0680. The summed E-state index contributed by atoms with van der Waals surface area (Å²) in [7, 11) is -3.76. The van der Waals surface area contributed by atoms with Crippen molar-refractivity contribution in [1.29, 1.82) is 0 Å². The van der Waals surface area contributed by atoms with Gasteiger partial charge < -0.3 is 26.2 Å². The minimum atomic E-state index is -3.76. The number of aliphatic hydroxyl groups excluding tert-OH is 2. The van der Waals surface area contributed by atoms with Gasteiger partial charge in [-0.3, -0.25) is 19.4 Å². The van der Waals surface area contributed by atoms with Crippen LogP contribution in [0, 0.1) is 0 Å². The maximum atomic E-state index is 13.8. The van der Waals surface area contributed by atoms with Crippen LogP contribution in [-0.4, -0.2) is 95.2 Å². The molecule has 5 atom stereocenters. The summed E-state index contributed by atoms with van der Waals surface area (Å²) >= 11 is 1.51. The number of hydrogen-bond acceptors (Lipinski definition) is 9. The minimum Gasteiger partial charge on any atom is -0.388 e. The van der Waals surface area contributed by atoms with Crippen molar-refractivity contribution in [2.24, 2.45) is 0 Å². The van der Waals surface area contributed by atoms with E-state index in [9.17, 15) is 33.0 Å². The molecule has 0 saturated heterocycles. The van der Waals surface area contributed by atoms with Crippen LogP contribution in [0.15, 0.2) is 85.2 Å². The molecule has 0 aliphatic heterocycles. The third kappa shape index (κ3) is 12.4. The molecule has 0 unspecified atom stereocenters. The quantitative estimate of drug-likeness (QED) is 0.127. The van der Waals surface area contributed by atoms with Gasteiger partial charge in [0.2, 0.25) is 5.91 Å². The molecule has 3 rings (SSSR count). The standard InChI is InChI=1S/C34H44N4O7S2/c1-3-4-20-47(44,45)23-29(38-33(42)26-16-11-18-35-22-26)34(43)37-28(21-24-12-7-5-8-13-24)31(40)30(39)27(17-19-46-2)36-32(41)25-14-9-6-10-15-25/h5-16,18,22,27-31,39-40H,3-4,17,19-21,23H2,1-2H3,(H,36,41)(H,37,43)(H,38,42)/t27-,28+,29-,30-,31-/m1/s1. The molecule has 13 heteroatoms. The molecule has 0 saturated carbocycles. The average Bonchev–Trinajstić information content (AvgIpc) is 3.08. The first kappa shape index (κ1) is 37.7. The van der Waals surface area contributed by atoms with Gasteiger partial charge in [0.15, 0.2) is 9.84 Å². The highest BCUT2D eigenvalue weighted by atomic mass is 32.2. The SMILES string of the molecule is CCCCS(=O)(=O)C[C@@H](NC(=O)c1cccnc1)C(=O)N[C@@H](Cc1ccccc1)[C@@H](O)[C@H](O)[C@@H](CCSC)NC(=O)c1ccccc1. The lowest BCUT2D eigenvalue weighted by Gasteiger charge is -2.33. The van der Waals surface area contributed by atoms with Gasteiger partial charge >= 0.3 is 0 Å². The lowest BCUT2D eigenvalue weighted by Crippen LogP contribution is -2.60. The van der Waals surface area contributed by atoms with Gasteiger partial charge in [-0.15, -0.1) is 0 Å². The second-order valence-electron chi connectivity index (χ2n) is 11.2. The number of aromatic nitrogens is 1. The maximum Gasteiger partial charge on any atom is 0.253 e. The first-order chi connectivity index (χ1) is 22.5. The number of aliphatic hydroxyl groups is 2. The molecule has 5 N–H and O–H groups in total. The maximum absolute atomic E-state index is 13.8. The summed E-state index contributed by atoms with van der Waals surface area (Å²) in [4.78, 5) is 43.8. The Morgan fingerprint density at radius 2 is 1.45 bits per heavy atom. The fourth-order valence-electron chi connectivity index (χ4n) is 4.92. The molecule has 11 nitrogen and oxygen atoms in total. The topological polar surface area (TPSA) is 175 Å². The molecule has 2 aromatic carbocycles. The number of benzene rings is 2. The smallest absolute Gasteiger partial charge is 0.253 e. The summed E-state index contributed by atoms with van der Waals surface area (Å²) in [6.45, 7) is 1.85. The zero-order chi connectivity index (χ0) is 34.2. The first-order valence-electron chi connectivity index (χ1n) is 15.5. The number of nitrogens with one attached hydrogen (secondary N) is 3. The van der Waals surface area contributed by atoms with E-state index in [-0.39, 0.29) is 17.7 Å². The molecule has 1 heterocycles. The van der Waals surface area contributed by atoms with Crippen LogP contribution in [0.2, 0.25) is 0 Å². The molecule has 0 radical (unpaired) electrons. The summed E-state index contributed by atoms with van der Waals surface area (Å²) in [5.41, 5.74) is 1.25. The number of hydrogen-bond donors (Lipinski definition) is 5. The van der Waals surface area contributed by atoms with Crippen LogP contribution in [-0.2, 0) is 21.1 Å². The Balaban J connectivity index is 1.90. The fraction of sp³-hybridized carbons (Fsp3) is 0.412. The second kappa shape index (κ2) is 19.1. The van der Waals surface area contributed by atoms with E-state index in [1.807, 2.05) is 19.2 Å². The lowest BCUT2D eigenvalue weighted by atomic mass is 9.92. The number of carbonyl (C=O) groups excluding carboxylic acids is 3. The fourth-order valence-corrected chi connectivity index (χ4v) is 7.05. The summed E-state index contributed by atoms with van der Waals surface area (Å²) in [6.07, 6.45) is 2.96. The van der Waals surface area contributed by atoms with Crippen molar-refractivity contribution >= 4 is 39.3 Å². The molecule has 0 spiro atoms. The second-order valence-corrected chi connectivity index (χ2v) is 14.5. The third-order valence-electron chi connectivity index (χ3n) is 7.56. The highest BCUT2D eigenvalue weighted by Gasteiger charge is 2.36. The largest absolute Gasteiger partial charge is 0.388 e. The predicted octanol–water partition coefficient (Wildman–Crippen LogP) is 2.40. The average molecular weight is 685 g/mol. The van der Waals surface area contributed by atoms with Crippen LogP contribution in [0.1, 0.15) is 52.5 Å². The Morgan fingerprint density at radius 1 is 0.830 bits per heavy atom. The van der Waals surface area contributed by atoms with Gasteiger partial charge in [-0.1, -0.05) is 61.9 Å². The van der Waals surface area contributed by atoms with Crippen LogP contribution in [0.3, 0.4) is 0 Å². The van der Waals surface area contributed by atoms with Gasteiger partial charge in [-0.2, -0.15) is 11.8 Å². The first-order valence-corrected chi connectivity index (χ1v) is 18.7. The lowest BCUT2D eigenvalue weighted by molar-refractivity contribution is -0.125. The van der Waals surface area contributed by atoms with Crippen LogP contribution >= 0.6 is 11.8 Å². The number of pyridine rings is 1. The summed E-state index contributed by atoms with van der Waals surface area (Å²) in [5.74, 6) is -2.22. The summed E-state index contributed by atoms with van der Waals surface area (Å²) in [6, 6.07) is 17.0. The van der Waals surface area contributed by atoms with E-state index in [0.717, 1.165) is 5.56 Å². The van der Waals surface area contributed by atoms with Gasteiger partial charge in [-0.05, 0) is 61.1 Å². The number of sulfone groups is 1. The van der Waals surface area contributed by atoms with Gasteiger partial charge in [0.05, 0.1) is 29.2 Å². The molecule has 0 aliphatic rings. The van der Waals surface area contributed by atoms with Crippen molar-refractivity contribution in [1.82, 2.24) is 20.9 Å². The normalized spacial score (nSPS) is 14.6. The van der Waals surface area contributed by atoms with Crippen LogP contribution < -0.4 is 16.0 Å². The van der Waals surface area contributed by atoms with E-state index < -0.39 is 63.6 Å². The van der Waals surface area contributed by atoms with Crippen molar-refractivity contribution in [2.45, 2.75) is 62.9 Å². The monoisotopic (exact) mass is 684 g/mol. The number of nitrogens with zero attached hydrogens (tertiary/aromatic N) is 1. The summed E-state index contributed by atoms with van der Waals surface area (Å²) < 4.78 is 26.0. The van der Waals surface area contributed by atoms with E-state index in [4.69, 9.17) is 0 Å². The van der Waals surface area contributed by atoms with E-state index in [1.54, 1.807) is 60.7 Å². The van der Waals surface area contributed by atoms with E-state index in [0.29, 0.717) is 30.6 Å². The van der Waals surface area contributed by atoms with E-state index in [2.05, 4.69) is 20.9 Å². The number of unbranched alkanes of at least 4 members (excludes halogenated alkanes) is 1. The highest BCUT2D eigenvalue weighted by molar-refractivity contribution is 7.98. The Morgan fingerprint density at radius 3 is 2.06 bits per heavy atom. The zero-order valence-electron chi connectivity index (χ0n) is 26.6. The number of amides is 3. The molecule has 3 amide bonds. The van der Waals surface area contributed by atoms with Crippen molar-refractivity contribution in [3.05, 3.63) is 102 Å². The summed E-state index contributed by atoms with van der Waals surface area (Å²) in [5, 5.41) is 31.1. The van der Waals surface area contributed by atoms with Gasteiger partial charge in [0.1, 0.15) is 18.2 Å². The number of carbonyl (C=O) groups is 3. The Hall–Kier alpha value is -3.78. The molecule has 47 heavy (non-hydrogen) atoms. The van der Waals surface area contributed by atoms with Crippen LogP contribution in [0.4, 0.5) is 0 Å². The van der Waals surface area contributed by atoms with Gasteiger partial charge in [0.25, 0.3) is 11.8 Å². The molecule has 254 valence electrons. The Bertz CT molecular complexity index is 1510. The number of rotatable bonds is 19. The number of thioether (sulfide) groups is 1. The van der Waals surface area contributed by atoms with Crippen LogP contribution in [0.25, 0.3) is 0 Å². The zero-order valence-corrected chi connectivity index (χ0v) is 28.3. The van der Waals surface area contributed by atoms with Gasteiger partial charge in [0, 0.05) is 18.0 Å². The Labute approximate surface area is 280 Å². The van der Waals surface area contributed by atoms with Crippen molar-refractivity contribution in [3.63, 3.8) is 0 Å². The predicted molar refractivity (Wildman–Crippen MR) is 184 cm³/mol. The molecule has 0 aliphatic carbocycles. The molecule has 0 bridgehead atoms. The molecule has 3 aromatic rings. The third-order valence-corrected chi connectivity index (χ3v) is 9.96. The van der Waals surface area contributed by atoms with E-state index >= 15 is 0 Å². The van der Waals surface area contributed by atoms with Crippen molar-refractivity contribution in [2.75, 3.05) is 23.5 Å². The van der Waals surface area contributed by atoms with E-state index in [1.165, 1.54) is 30.2 Å². The van der Waals surface area contributed by atoms with Crippen LogP contribution in [0.5, 0.6) is 0 Å².